The lowest BCUT2D eigenvalue weighted by atomic mass is 10.1. The number of methoxy groups -OCH3 is 2. The summed E-state index contributed by atoms with van der Waals surface area (Å²) in [7, 11) is 3.14. The van der Waals surface area contributed by atoms with Gasteiger partial charge in [-0.2, -0.15) is 0 Å². The van der Waals surface area contributed by atoms with Gasteiger partial charge in [0.1, 0.15) is 5.82 Å². The zero-order chi connectivity index (χ0) is 15.9. The maximum Gasteiger partial charge on any atom is 0.224 e. The maximum absolute atomic E-state index is 12.8. The maximum atomic E-state index is 12.8. The third kappa shape index (κ3) is 3.97. The van der Waals surface area contributed by atoms with Crippen molar-refractivity contribution in [3.63, 3.8) is 0 Å². The minimum atomic E-state index is -0.334. The third-order valence-corrected chi connectivity index (χ3v) is 3.23. The Balaban J connectivity index is 1.98. The van der Waals surface area contributed by atoms with E-state index in [0.29, 0.717) is 30.0 Å². The van der Waals surface area contributed by atoms with Crippen LogP contribution in [0.15, 0.2) is 42.5 Å². The van der Waals surface area contributed by atoms with Crippen LogP contribution in [0.1, 0.15) is 12.0 Å². The number of halogens is 1. The lowest BCUT2D eigenvalue weighted by Gasteiger charge is -2.12. The molecule has 0 fully saturated rings. The van der Waals surface area contributed by atoms with Gasteiger partial charge in [0.15, 0.2) is 11.5 Å². The fourth-order valence-corrected chi connectivity index (χ4v) is 2.16. The summed E-state index contributed by atoms with van der Waals surface area (Å²) in [6.07, 6.45) is 0.814. The molecule has 2 aromatic carbocycles. The first-order valence-electron chi connectivity index (χ1n) is 6.89. The predicted octanol–water partition coefficient (Wildman–Crippen LogP) is 3.41. The highest BCUT2D eigenvalue weighted by Gasteiger charge is 2.11. The van der Waals surface area contributed by atoms with Crippen LogP contribution in [0.25, 0.3) is 0 Å². The molecule has 0 aliphatic rings. The molecule has 116 valence electrons. The van der Waals surface area contributed by atoms with E-state index in [2.05, 4.69) is 5.32 Å². The van der Waals surface area contributed by atoms with E-state index < -0.39 is 0 Å². The molecule has 0 aliphatic heterocycles. The van der Waals surface area contributed by atoms with Gasteiger partial charge < -0.3 is 14.8 Å². The highest BCUT2D eigenvalue weighted by atomic mass is 19.1. The zero-order valence-electron chi connectivity index (χ0n) is 12.6. The second-order valence-corrected chi connectivity index (χ2v) is 4.71. The largest absolute Gasteiger partial charge is 0.493 e. The minimum absolute atomic E-state index is 0.142. The Bertz CT molecular complexity index is 641. The normalized spacial score (nSPS) is 10.1. The zero-order valence-corrected chi connectivity index (χ0v) is 12.6. The summed E-state index contributed by atoms with van der Waals surface area (Å²) in [5.41, 5.74) is 1.47. The van der Waals surface area contributed by atoms with Gasteiger partial charge in [0.2, 0.25) is 5.91 Å². The van der Waals surface area contributed by atoms with Crippen molar-refractivity contribution < 1.29 is 18.7 Å². The summed E-state index contributed by atoms with van der Waals surface area (Å²) in [4.78, 5) is 11.9. The Hall–Kier alpha value is -2.56. The number of ether oxygens (including phenoxy) is 2. The molecular weight excluding hydrogens is 285 g/mol. The van der Waals surface area contributed by atoms with E-state index in [1.807, 2.05) is 12.1 Å². The molecule has 0 aromatic heterocycles. The number of hydrogen-bond donors (Lipinski definition) is 1. The number of para-hydroxylation sites is 1. The number of anilines is 1. The van der Waals surface area contributed by atoms with Gasteiger partial charge in [-0.1, -0.05) is 12.1 Å². The van der Waals surface area contributed by atoms with Crippen molar-refractivity contribution in [1.29, 1.82) is 0 Å². The lowest BCUT2D eigenvalue weighted by molar-refractivity contribution is -0.116. The fraction of sp³-hybridized carbons (Fsp3) is 0.235. The van der Waals surface area contributed by atoms with Crippen LogP contribution < -0.4 is 14.8 Å². The Morgan fingerprint density at radius 2 is 1.82 bits per heavy atom. The Morgan fingerprint density at radius 1 is 1.09 bits per heavy atom. The van der Waals surface area contributed by atoms with Gasteiger partial charge in [0, 0.05) is 12.1 Å². The van der Waals surface area contributed by atoms with Gasteiger partial charge in [-0.3, -0.25) is 4.79 Å². The van der Waals surface area contributed by atoms with Crippen molar-refractivity contribution in [3.05, 3.63) is 53.8 Å². The highest BCUT2D eigenvalue weighted by molar-refractivity contribution is 5.90. The predicted molar refractivity (Wildman–Crippen MR) is 82.9 cm³/mol. The summed E-state index contributed by atoms with van der Waals surface area (Å²) < 4.78 is 23.4. The van der Waals surface area contributed by atoms with Gasteiger partial charge in [-0.25, -0.2) is 4.39 Å². The van der Waals surface area contributed by atoms with Crippen molar-refractivity contribution in [3.8, 4) is 11.5 Å². The SMILES string of the molecule is COc1cccc(CCC(=O)Nc2ccc(F)cc2)c1OC. The number of nitrogens with one attached hydrogen (secondary N) is 1. The van der Waals surface area contributed by atoms with Crippen LogP contribution in [0.3, 0.4) is 0 Å². The molecule has 5 heteroatoms. The van der Waals surface area contributed by atoms with Crippen LogP contribution in [0, 0.1) is 5.82 Å². The molecule has 0 saturated heterocycles. The molecule has 2 rings (SSSR count). The first kappa shape index (κ1) is 15.8. The lowest BCUT2D eigenvalue weighted by Crippen LogP contribution is -2.12. The summed E-state index contributed by atoms with van der Waals surface area (Å²) >= 11 is 0. The summed E-state index contributed by atoms with van der Waals surface area (Å²) in [5, 5.41) is 2.73. The molecule has 0 spiro atoms. The molecule has 0 radical (unpaired) electrons. The molecule has 22 heavy (non-hydrogen) atoms. The number of carbonyl (C=O) groups is 1. The van der Waals surface area contributed by atoms with Crippen LogP contribution in [0.4, 0.5) is 10.1 Å². The minimum Gasteiger partial charge on any atom is -0.493 e. The highest BCUT2D eigenvalue weighted by Crippen LogP contribution is 2.31. The van der Waals surface area contributed by atoms with Crippen LogP contribution >= 0.6 is 0 Å². The van der Waals surface area contributed by atoms with Crippen LogP contribution in [0.5, 0.6) is 11.5 Å². The molecular formula is C17H18FNO3. The van der Waals surface area contributed by atoms with E-state index in [9.17, 15) is 9.18 Å². The number of carbonyl (C=O) groups excluding carboxylic acids is 1. The van der Waals surface area contributed by atoms with E-state index in [0.717, 1.165) is 5.56 Å². The van der Waals surface area contributed by atoms with Crippen LogP contribution in [0.2, 0.25) is 0 Å². The fourth-order valence-electron chi connectivity index (χ4n) is 2.16. The van der Waals surface area contributed by atoms with Crippen molar-refractivity contribution in [1.82, 2.24) is 0 Å². The monoisotopic (exact) mass is 303 g/mol. The Morgan fingerprint density at radius 3 is 2.45 bits per heavy atom. The number of hydrogen-bond acceptors (Lipinski definition) is 3. The Labute approximate surface area is 128 Å². The smallest absolute Gasteiger partial charge is 0.224 e. The summed E-state index contributed by atoms with van der Waals surface area (Å²) in [5.74, 6) is 0.800. The first-order chi connectivity index (χ1) is 10.6. The molecule has 0 saturated carbocycles. The number of aryl methyl sites for hydroxylation is 1. The average molecular weight is 303 g/mol. The number of rotatable bonds is 6. The van der Waals surface area contributed by atoms with Gasteiger partial charge in [0.25, 0.3) is 0 Å². The number of amides is 1. The van der Waals surface area contributed by atoms with E-state index in [1.54, 1.807) is 20.3 Å². The molecule has 0 heterocycles. The Kier molecular flexibility index (Phi) is 5.36. The van der Waals surface area contributed by atoms with Crippen LogP contribution in [-0.4, -0.2) is 20.1 Å². The van der Waals surface area contributed by atoms with Crippen molar-refractivity contribution >= 4 is 11.6 Å². The summed E-state index contributed by atoms with van der Waals surface area (Å²) in [6, 6.07) is 11.2. The molecule has 1 amide bonds. The topological polar surface area (TPSA) is 47.6 Å². The molecule has 0 atom stereocenters. The summed E-state index contributed by atoms with van der Waals surface area (Å²) in [6.45, 7) is 0. The quantitative estimate of drug-likeness (QED) is 0.889. The molecule has 1 N–H and O–H groups in total. The molecule has 4 nitrogen and oxygen atoms in total. The van der Waals surface area contributed by atoms with Gasteiger partial charge >= 0.3 is 0 Å². The molecule has 2 aromatic rings. The molecule has 0 aliphatic carbocycles. The van der Waals surface area contributed by atoms with Crippen molar-refractivity contribution in [2.45, 2.75) is 12.8 Å². The van der Waals surface area contributed by atoms with E-state index >= 15 is 0 Å². The van der Waals surface area contributed by atoms with E-state index in [1.165, 1.54) is 24.3 Å². The second kappa shape index (κ2) is 7.45. The standard InChI is InChI=1S/C17H18FNO3/c1-21-15-5-3-4-12(17(15)22-2)6-11-16(20)19-14-9-7-13(18)8-10-14/h3-5,7-10H,6,11H2,1-2H3,(H,19,20). The first-order valence-corrected chi connectivity index (χ1v) is 6.89. The van der Waals surface area contributed by atoms with E-state index in [4.69, 9.17) is 9.47 Å². The molecule has 0 bridgehead atoms. The van der Waals surface area contributed by atoms with Crippen molar-refractivity contribution in [2.75, 3.05) is 19.5 Å². The number of benzene rings is 2. The molecule has 0 unspecified atom stereocenters. The third-order valence-electron chi connectivity index (χ3n) is 3.23. The van der Waals surface area contributed by atoms with Gasteiger partial charge in [-0.15, -0.1) is 0 Å². The van der Waals surface area contributed by atoms with Gasteiger partial charge in [0.05, 0.1) is 14.2 Å². The van der Waals surface area contributed by atoms with Crippen molar-refractivity contribution in [2.24, 2.45) is 0 Å². The second-order valence-electron chi connectivity index (χ2n) is 4.71. The van der Waals surface area contributed by atoms with Crippen LogP contribution in [-0.2, 0) is 11.2 Å². The van der Waals surface area contributed by atoms with E-state index in [-0.39, 0.29) is 11.7 Å². The average Bonchev–Trinajstić information content (AvgIpc) is 2.54. The van der Waals surface area contributed by atoms with Gasteiger partial charge in [-0.05, 0) is 42.3 Å².